The number of ether oxygens (including phenoxy) is 3. The minimum atomic E-state index is -0.566. The Balaban J connectivity index is 4.80. The van der Waals surface area contributed by atoms with Gasteiger partial charge in [0.15, 0.2) is 0 Å². The zero-order chi connectivity index (χ0) is 49.5. The molecule has 0 aliphatic rings. The molecule has 68 heavy (non-hydrogen) atoms. The highest BCUT2D eigenvalue weighted by atomic mass is 16.6. The second kappa shape index (κ2) is 54.4. The summed E-state index contributed by atoms with van der Waals surface area (Å²) in [4.78, 5) is 28.4. The van der Waals surface area contributed by atoms with Crippen molar-refractivity contribution in [1.29, 1.82) is 0 Å². The molecule has 0 heterocycles. The van der Waals surface area contributed by atoms with E-state index in [1.807, 2.05) is 0 Å². The summed E-state index contributed by atoms with van der Waals surface area (Å²) in [6.45, 7) is 9.17. The molecule has 0 fully saturated rings. The van der Waals surface area contributed by atoms with E-state index in [1.54, 1.807) is 0 Å². The van der Waals surface area contributed by atoms with Crippen molar-refractivity contribution in [2.24, 2.45) is 5.41 Å². The van der Waals surface area contributed by atoms with E-state index >= 15 is 0 Å². The first-order valence-electron chi connectivity index (χ1n) is 29.9. The third kappa shape index (κ3) is 50.5. The first-order valence-corrected chi connectivity index (χ1v) is 29.9. The Morgan fingerprint density at radius 1 is 0.368 bits per heavy atom. The highest BCUT2D eigenvalue weighted by Gasteiger charge is 2.34. The fraction of sp³-hybridized carbons (Fsp3) is 0.871. The van der Waals surface area contributed by atoms with E-state index in [2.05, 4.69) is 76.2 Å². The van der Waals surface area contributed by atoms with Gasteiger partial charge in [0.05, 0.1) is 12.0 Å². The van der Waals surface area contributed by atoms with Crippen LogP contribution in [0.15, 0.2) is 36.5 Å². The van der Waals surface area contributed by atoms with Gasteiger partial charge in [0, 0.05) is 19.4 Å². The van der Waals surface area contributed by atoms with Gasteiger partial charge < -0.3 is 19.1 Å². The van der Waals surface area contributed by atoms with Crippen molar-refractivity contribution in [3.63, 3.8) is 0 Å². The Labute approximate surface area is 424 Å². The monoisotopic (exact) mass is 956 g/mol. The van der Waals surface area contributed by atoms with E-state index < -0.39 is 5.41 Å². The van der Waals surface area contributed by atoms with E-state index in [1.165, 1.54) is 193 Å². The molecule has 0 radical (unpaired) electrons. The van der Waals surface area contributed by atoms with Gasteiger partial charge in [0.2, 0.25) is 0 Å². The number of hydrogen-bond acceptors (Lipinski definition) is 6. The van der Waals surface area contributed by atoms with Crippen molar-refractivity contribution in [3.8, 4) is 0 Å². The Bertz CT molecular complexity index is 1070. The van der Waals surface area contributed by atoms with Gasteiger partial charge in [-0.25, -0.2) is 0 Å². The van der Waals surface area contributed by atoms with E-state index in [-0.39, 0.29) is 25.2 Å². The molecular weight excluding hydrogens is 839 g/mol. The molecule has 0 aromatic heterocycles. The van der Waals surface area contributed by atoms with Gasteiger partial charge >= 0.3 is 11.9 Å². The fourth-order valence-corrected chi connectivity index (χ4v) is 8.83. The average Bonchev–Trinajstić information content (AvgIpc) is 3.33. The lowest BCUT2D eigenvalue weighted by Crippen LogP contribution is -2.41. The Morgan fingerprint density at radius 3 is 0.956 bits per heavy atom. The summed E-state index contributed by atoms with van der Waals surface area (Å²) in [7, 11) is 4.13. The normalized spacial score (nSPS) is 12.2. The van der Waals surface area contributed by atoms with Crippen molar-refractivity contribution >= 4 is 11.9 Å². The third-order valence-corrected chi connectivity index (χ3v) is 13.7. The topological polar surface area (TPSA) is 65.1 Å². The van der Waals surface area contributed by atoms with Crippen LogP contribution in [0.1, 0.15) is 297 Å². The third-order valence-electron chi connectivity index (χ3n) is 13.7. The summed E-state index contributed by atoms with van der Waals surface area (Å²) in [6.07, 6.45) is 65.8. The molecule has 0 aliphatic heterocycles. The molecule has 0 unspecified atom stereocenters. The number of unbranched alkanes of at least 4 members (excludes halogenated alkanes) is 34. The maximum absolute atomic E-state index is 13.1. The Hall–Kier alpha value is -1.92. The van der Waals surface area contributed by atoms with Gasteiger partial charge in [-0.1, -0.05) is 218 Å². The van der Waals surface area contributed by atoms with Crippen LogP contribution in [0.4, 0.5) is 0 Å². The van der Waals surface area contributed by atoms with E-state index in [0.29, 0.717) is 26.1 Å². The van der Waals surface area contributed by atoms with Crippen LogP contribution in [0.25, 0.3) is 0 Å². The second-order valence-electron chi connectivity index (χ2n) is 21.0. The molecule has 6 heteroatoms. The molecular formula is C62H117NO5. The summed E-state index contributed by atoms with van der Waals surface area (Å²) in [5, 5.41) is 0. The van der Waals surface area contributed by atoms with Crippen LogP contribution >= 0.6 is 0 Å². The molecule has 0 N–H and O–H groups in total. The van der Waals surface area contributed by atoms with Gasteiger partial charge in [-0.05, 0) is 123 Å². The first kappa shape index (κ1) is 66.1. The molecule has 6 nitrogen and oxygen atoms in total. The lowest BCUT2D eigenvalue weighted by molar-refractivity contribution is -0.158. The van der Waals surface area contributed by atoms with Gasteiger partial charge in [0.1, 0.15) is 13.2 Å². The van der Waals surface area contributed by atoms with Crippen LogP contribution in [-0.2, 0) is 23.8 Å². The number of carbonyl (C=O) groups is 2. The molecule has 0 spiro atoms. The number of allylic oxidation sites excluding steroid dienone is 6. The minimum Gasteiger partial charge on any atom is -0.465 e. The quantitative estimate of drug-likeness (QED) is 0.0344. The van der Waals surface area contributed by atoms with Gasteiger partial charge in [0.25, 0.3) is 0 Å². The van der Waals surface area contributed by atoms with Crippen molar-refractivity contribution in [2.75, 3.05) is 47.1 Å². The molecule has 0 rings (SSSR count). The molecule has 0 aromatic carbocycles. The van der Waals surface area contributed by atoms with E-state index in [4.69, 9.17) is 14.2 Å². The summed E-state index contributed by atoms with van der Waals surface area (Å²) < 4.78 is 18.4. The Morgan fingerprint density at radius 2 is 0.647 bits per heavy atom. The first-order chi connectivity index (χ1) is 33.4. The van der Waals surface area contributed by atoms with Crippen LogP contribution in [0.2, 0.25) is 0 Å². The van der Waals surface area contributed by atoms with Gasteiger partial charge in [-0.2, -0.15) is 0 Å². The van der Waals surface area contributed by atoms with Crippen LogP contribution in [-0.4, -0.2) is 63.9 Å². The van der Waals surface area contributed by atoms with Crippen LogP contribution < -0.4 is 0 Å². The SMILES string of the molecule is CCCCCCCC/C=C\CCCCCCCCOCC(CCN(C)C)(COC(=O)CCCCCCC/C=C\CCCCCCCC)COC(=O)CCCCCCC/C=C\CCCCCCCC. The lowest BCUT2D eigenvalue weighted by Gasteiger charge is -2.33. The van der Waals surface area contributed by atoms with Crippen LogP contribution in [0.5, 0.6) is 0 Å². The highest BCUT2D eigenvalue weighted by Crippen LogP contribution is 2.27. The summed E-state index contributed by atoms with van der Waals surface area (Å²) >= 11 is 0. The fourth-order valence-electron chi connectivity index (χ4n) is 8.83. The standard InChI is InChI=1S/C62H117NO5/c1-6-9-12-15-18-21-24-27-30-33-36-39-42-45-48-51-56-66-57-62(54-55-63(4)5,58-67-60(64)52-49-46-43-40-37-34-31-28-25-22-19-16-13-10-7-2)59-68-61(65)53-50-47-44-41-38-35-32-29-26-23-20-17-14-11-8-3/h27-32H,6-26,33-59H2,1-5H3/b30-27-,31-28-,32-29-. The molecule has 0 aliphatic carbocycles. The number of nitrogens with zero attached hydrogens (tertiary/aromatic N) is 1. The molecule has 0 saturated heterocycles. The van der Waals surface area contributed by atoms with E-state index in [0.717, 1.165) is 77.2 Å². The molecule has 0 amide bonds. The predicted octanol–water partition coefficient (Wildman–Crippen LogP) is 19.1. The Kier molecular flexibility index (Phi) is 52.9. The van der Waals surface area contributed by atoms with Gasteiger partial charge in [-0.3, -0.25) is 9.59 Å². The second-order valence-corrected chi connectivity index (χ2v) is 21.0. The van der Waals surface area contributed by atoms with Crippen LogP contribution in [0, 0.1) is 5.41 Å². The molecule has 0 saturated carbocycles. The largest absolute Gasteiger partial charge is 0.465 e. The highest BCUT2D eigenvalue weighted by molar-refractivity contribution is 5.69. The van der Waals surface area contributed by atoms with Gasteiger partial charge in [-0.15, -0.1) is 0 Å². The number of carbonyl (C=O) groups excluding carboxylic acids is 2. The maximum atomic E-state index is 13.1. The van der Waals surface area contributed by atoms with Crippen LogP contribution in [0.3, 0.4) is 0 Å². The zero-order valence-electron chi connectivity index (χ0n) is 46.4. The maximum Gasteiger partial charge on any atom is 0.305 e. The van der Waals surface area contributed by atoms with Crippen molar-refractivity contribution in [1.82, 2.24) is 4.90 Å². The average molecular weight is 957 g/mol. The lowest BCUT2D eigenvalue weighted by atomic mass is 9.86. The summed E-state index contributed by atoms with van der Waals surface area (Å²) in [5.41, 5.74) is -0.566. The molecule has 400 valence electrons. The van der Waals surface area contributed by atoms with E-state index in [9.17, 15) is 9.59 Å². The summed E-state index contributed by atoms with van der Waals surface area (Å²) in [6, 6.07) is 0. The summed E-state index contributed by atoms with van der Waals surface area (Å²) in [5.74, 6) is -0.297. The molecule has 0 bridgehead atoms. The van der Waals surface area contributed by atoms with Crippen molar-refractivity contribution in [3.05, 3.63) is 36.5 Å². The predicted molar refractivity (Wildman–Crippen MR) is 297 cm³/mol. The number of hydrogen-bond donors (Lipinski definition) is 0. The van der Waals surface area contributed by atoms with Crippen molar-refractivity contribution < 1.29 is 23.8 Å². The smallest absolute Gasteiger partial charge is 0.305 e. The molecule has 0 aromatic rings. The number of rotatable bonds is 55. The van der Waals surface area contributed by atoms with Crippen molar-refractivity contribution in [2.45, 2.75) is 297 Å². The zero-order valence-corrected chi connectivity index (χ0v) is 46.4. The minimum absolute atomic E-state index is 0.148. The molecule has 0 atom stereocenters. The number of esters is 2.